The van der Waals surface area contributed by atoms with Crippen LogP contribution >= 0.6 is 12.2 Å². The Morgan fingerprint density at radius 2 is 1.88 bits per heavy atom. The minimum Gasteiger partial charge on any atom is -0.362 e. The van der Waals surface area contributed by atoms with E-state index >= 15 is 0 Å². The summed E-state index contributed by atoms with van der Waals surface area (Å²) >= 11 is 5.50. The van der Waals surface area contributed by atoms with Gasteiger partial charge in [0.2, 0.25) is 0 Å². The maximum absolute atomic E-state index is 5.50. The molecule has 0 bridgehead atoms. The molecule has 25 heavy (non-hydrogen) atoms. The van der Waals surface area contributed by atoms with Crippen molar-refractivity contribution < 1.29 is 0 Å². The predicted octanol–water partition coefficient (Wildman–Crippen LogP) is 4.88. The first-order valence-electron chi connectivity index (χ1n) is 8.79. The van der Waals surface area contributed by atoms with Crippen LogP contribution in [0.4, 0.5) is 5.69 Å². The number of aryl methyl sites for hydroxylation is 3. The average Bonchev–Trinajstić information content (AvgIpc) is 2.92. The zero-order valence-electron chi connectivity index (χ0n) is 15.1. The third-order valence-electron chi connectivity index (χ3n) is 4.67. The second-order valence-corrected chi connectivity index (χ2v) is 6.78. The van der Waals surface area contributed by atoms with Gasteiger partial charge in [-0.15, -0.1) is 0 Å². The molecule has 0 atom stereocenters. The van der Waals surface area contributed by atoms with Crippen LogP contribution < -0.4 is 10.6 Å². The van der Waals surface area contributed by atoms with Crippen molar-refractivity contribution in [3.63, 3.8) is 0 Å². The van der Waals surface area contributed by atoms with E-state index in [0.717, 1.165) is 25.1 Å². The van der Waals surface area contributed by atoms with Gasteiger partial charge in [0.25, 0.3) is 0 Å². The minimum atomic E-state index is 0.682. The summed E-state index contributed by atoms with van der Waals surface area (Å²) in [6.07, 6.45) is 1.92. The molecule has 0 aliphatic heterocycles. The Balaban J connectivity index is 1.62. The molecule has 0 amide bonds. The highest BCUT2D eigenvalue weighted by atomic mass is 32.1. The molecule has 0 aliphatic carbocycles. The van der Waals surface area contributed by atoms with Crippen LogP contribution in [0.5, 0.6) is 0 Å². The Morgan fingerprint density at radius 3 is 2.68 bits per heavy atom. The molecule has 1 aromatic heterocycles. The third-order valence-corrected chi connectivity index (χ3v) is 4.91. The molecule has 0 unspecified atom stereocenters. The number of aromatic nitrogens is 1. The first-order chi connectivity index (χ1) is 12.1. The third kappa shape index (κ3) is 3.85. The van der Waals surface area contributed by atoms with Crippen LogP contribution in [0.3, 0.4) is 0 Å². The highest BCUT2D eigenvalue weighted by Crippen LogP contribution is 2.22. The second kappa shape index (κ2) is 7.70. The van der Waals surface area contributed by atoms with Crippen molar-refractivity contribution in [2.24, 2.45) is 0 Å². The van der Waals surface area contributed by atoms with Crippen molar-refractivity contribution in [3.8, 4) is 0 Å². The highest BCUT2D eigenvalue weighted by molar-refractivity contribution is 7.80. The normalized spacial score (nSPS) is 10.8. The number of benzene rings is 2. The molecule has 130 valence electrons. The molecule has 0 radical (unpaired) electrons. The molecule has 0 saturated heterocycles. The molecule has 0 fully saturated rings. The van der Waals surface area contributed by atoms with Crippen molar-refractivity contribution in [2.75, 3.05) is 11.9 Å². The van der Waals surface area contributed by atoms with E-state index in [1.165, 1.54) is 33.3 Å². The monoisotopic (exact) mass is 351 g/mol. The molecule has 0 spiro atoms. The average molecular weight is 352 g/mol. The van der Waals surface area contributed by atoms with Crippen LogP contribution in [-0.2, 0) is 12.8 Å². The van der Waals surface area contributed by atoms with Gasteiger partial charge in [0.05, 0.1) is 0 Å². The molecule has 3 rings (SSSR count). The predicted molar refractivity (Wildman–Crippen MR) is 112 cm³/mol. The number of fused-ring (bicyclic) bond motifs is 1. The Kier molecular flexibility index (Phi) is 5.39. The van der Waals surface area contributed by atoms with Gasteiger partial charge in [-0.1, -0.05) is 43.3 Å². The fourth-order valence-corrected chi connectivity index (χ4v) is 3.52. The van der Waals surface area contributed by atoms with Crippen molar-refractivity contribution in [1.82, 2.24) is 10.3 Å². The Hall–Kier alpha value is -2.33. The largest absolute Gasteiger partial charge is 0.362 e. The van der Waals surface area contributed by atoms with Crippen molar-refractivity contribution in [1.29, 1.82) is 0 Å². The maximum atomic E-state index is 5.50. The molecular formula is C21H25N3S. The first kappa shape index (κ1) is 17.5. The molecular weight excluding hydrogens is 326 g/mol. The number of hydrogen-bond donors (Lipinski definition) is 3. The fourth-order valence-electron chi connectivity index (χ4n) is 3.32. The lowest BCUT2D eigenvalue weighted by Gasteiger charge is -2.16. The van der Waals surface area contributed by atoms with Crippen LogP contribution in [0.25, 0.3) is 10.9 Å². The summed E-state index contributed by atoms with van der Waals surface area (Å²) in [5.74, 6) is 0. The van der Waals surface area contributed by atoms with Crippen LogP contribution in [0, 0.1) is 13.8 Å². The summed E-state index contributed by atoms with van der Waals surface area (Å²) in [6.45, 7) is 7.21. The summed E-state index contributed by atoms with van der Waals surface area (Å²) in [7, 11) is 0. The maximum Gasteiger partial charge on any atom is 0.170 e. The van der Waals surface area contributed by atoms with Gasteiger partial charge in [-0.05, 0) is 61.7 Å². The van der Waals surface area contributed by atoms with E-state index in [4.69, 9.17) is 12.2 Å². The summed E-state index contributed by atoms with van der Waals surface area (Å²) in [6, 6.07) is 14.8. The van der Waals surface area contributed by atoms with E-state index in [2.05, 4.69) is 78.9 Å². The second-order valence-electron chi connectivity index (χ2n) is 6.37. The van der Waals surface area contributed by atoms with Crippen LogP contribution in [0.2, 0.25) is 0 Å². The zero-order chi connectivity index (χ0) is 17.8. The molecule has 0 aliphatic rings. The van der Waals surface area contributed by atoms with Gasteiger partial charge in [0.15, 0.2) is 5.11 Å². The Labute approximate surface area is 154 Å². The summed E-state index contributed by atoms with van der Waals surface area (Å²) in [5, 5.41) is 8.70. The number of para-hydroxylation sites is 2. The van der Waals surface area contributed by atoms with Crippen LogP contribution in [0.15, 0.2) is 42.5 Å². The number of aromatic amines is 1. The summed E-state index contributed by atoms with van der Waals surface area (Å²) < 4.78 is 0. The molecule has 2 aromatic carbocycles. The molecule has 3 N–H and O–H groups in total. The first-order valence-corrected chi connectivity index (χ1v) is 9.20. The zero-order valence-corrected chi connectivity index (χ0v) is 15.9. The van der Waals surface area contributed by atoms with Crippen LogP contribution in [-0.4, -0.2) is 16.6 Å². The van der Waals surface area contributed by atoms with E-state index in [1.807, 2.05) is 0 Å². The van der Waals surface area contributed by atoms with E-state index in [9.17, 15) is 0 Å². The van der Waals surface area contributed by atoms with E-state index < -0.39 is 0 Å². The number of nitrogens with one attached hydrogen (secondary N) is 3. The molecule has 4 heteroatoms. The smallest absolute Gasteiger partial charge is 0.170 e. The molecule has 0 saturated carbocycles. The van der Waals surface area contributed by atoms with E-state index in [1.54, 1.807) is 0 Å². The van der Waals surface area contributed by atoms with Gasteiger partial charge in [0.1, 0.15) is 0 Å². The molecule has 1 heterocycles. The lowest BCUT2D eigenvalue weighted by atomic mass is 10.1. The van der Waals surface area contributed by atoms with Gasteiger partial charge in [0, 0.05) is 28.8 Å². The van der Waals surface area contributed by atoms with Gasteiger partial charge in [-0.25, -0.2) is 0 Å². The number of hydrogen-bond acceptors (Lipinski definition) is 1. The van der Waals surface area contributed by atoms with E-state index in [0.29, 0.717) is 5.11 Å². The summed E-state index contributed by atoms with van der Waals surface area (Å²) in [4.78, 5) is 3.45. The quantitative estimate of drug-likeness (QED) is 0.574. The van der Waals surface area contributed by atoms with E-state index in [-0.39, 0.29) is 0 Å². The van der Waals surface area contributed by atoms with Gasteiger partial charge in [-0.3, -0.25) is 0 Å². The van der Waals surface area contributed by atoms with Crippen molar-refractivity contribution in [3.05, 3.63) is 64.8 Å². The van der Waals surface area contributed by atoms with Gasteiger partial charge < -0.3 is 15.6 Å². The molecule has 3 nitrogen and oxygen atoms in total. The summed E-state index contributed by atoms with van der Waals surface area (Å²) in [5.41, 5.74) is 7.42. The SMILES string of the molecule is CCc1cccc(C)c1NC(=S)NCCc1c(C)[nH]c2ccccc12. The minimum absolute atomic E-state index is 0.682. The number of anilines is 1. The topological polar surface area (TPSA) is 39.8 Å². The Morgan fingerprint density at radius 1 is 1.08 bits per heavy atom. The van der Waals surface area contributed by atoms with Crippen molar-refractivity contribution >= 4 is 33.9 Å². The lowest BCUT2D eigenvalue weighted by molar-refractivity contribution is 0.871. The number of rotatable bonds is 5. The molecule has 3 aromatic rings. The highest BCUT2D eigenvalue weighted by Gasteiger charge is 2.09. The fraction of sp³-hybridized carbons (Fsp3) is 0.286. The lowest BCUT2D eigenvalue weighted by Crippen LogP contribution is -2.30. The van der Waals surface area contributed by atoms with Crippen molar-refractivity contribution in [2.45, 2.75) is 33.6 Å². The number of H-pyrrole nitrogens is 1. The number of thiocarbonyl (C=S) groups is 1. The standard InChI is InChI=1S/C21H25N3S/c1-4-16-9-7-8-14(2)20(16)24-21(25)22-13-12-17-15(3)23-19-11-6-5-10-18(17)19/h5-11,23H,4,12-13H2,1-3H3,(H2,22,24,25). The Bertz CT molecular complexity index is 895. The van der Waals surface area contributed by atoms with Crippen LogP contribution in [0.1, 0.15) is 29.3 Å². The van der Waals surface area contributed by atoms with Gasteiger partial charge in [-0.2, -0.15) is 0 Å². The van der Waals surface area contributed by atoms with Gasteiger partial charge >= 0.3 is 0 Å².